The predicted octanol–water partition coefficient (Wildman–Crippen LogP) is 1.26. The molecule has 1 aromatic rings. The number of esters is 1. The zero-order chi connectivity index (χ0) is 12.0. The van der Waals surface area contributed by atoms with E-state index in [9.17, 15) is 4.79 Å². The second-order valence-electron chi connectivity index (χ2n) is 3.28. The molecule has 0 saturated heterocycles. The van der Waals surface area contributed by atoms with Gasteiger partial charge in [-0.05, 0) is 24.1 Å². The van der Waals surface area contributed by atoms with E-state index in [1.165, 1.54) is 7.11 Å². The summed E-state index contributed by atoms with van der Waals surface area (Å²) in [5, 5.41) is 11.9. The average Bonchev–Trinajstić information content (AvgIpc) is 2.30. The summed E-state index contributed by atoms with van der Waals surface area (Å²) in [5.41, 5.74) is 0.922. The van der Waals surface area contributed by atoms with E-state index in [-0.39, 0.29) is 17.7 Å². The highest BCUT2D eigenvalue weighted by Crippen LogP contribution is 2.11. The molecular weight excluding hydrogens is 230 g/mol. The molecule has 16 heavy (non-hydrogen) atoms. The van der Waals surface area contributed by atoms with Crippen LogP contribution in [0.2, 0.25) is 0 Å². The van der Waals surface area contributed by atoms with E-state index in [0.29, 0.717) is 6.42 Å². The third-order valence-electron chi connectivity index (χ3n) is 2.19. The van der Waals surface area contributed by atoms with Crippen LogP contribution in [0.25, 0.3) is 0 Å². The molecule has 0 heterocycles. The smallest absolute Gasteiger partial charge is 0.323 e. The van der Waals surface area contributed by atoms with Crippen LogP contribution in [-0.2, 0) is 16.0 Å². The van der Waals surface area contributed by atoms with Crippen molar-refractivity contribution in [1.82, 2.24) is 5.32 Å². The molecule has 0 radical (unpaired) electrons. The topological polar surface area (TPSA) is 58.6 Å². The van der Waals surface area contributed by atoms with E-state index in [1.54, 1.807) is 24.3 Å². The monoisotopic (exact) mass is 243 g/mol. The van der Waals surface area contributed by atoms with Crippen LogP contribution in [0.5, 0.6) is 5.75 Å². The van der Waals surface area contributed by atoms with Gasteiger partial charge < -0.3 is 9.84 Å². The number of carbonyl (C=O) groups excluding carboxylic acids is 1. The van der Waals surface area contributed by atoms with Gasteiger partial charge in [-0.3, -0.25) is 10.1 Å². The Hall–Kier alpha value is -1.26. The highest BCUT2D eigenvalue weighted by molar-refractivity contribution is 6.17. The van der Waals surface area contributed by atoms with Crippen LogP contribution in [0.4, 0.5) is 0 Å². The predicted molar refractivity (Wildman–Crippen MR) is 61.5 cm³/mol. The number of ether oxygens (including phenoxy) is 1. The van der Waals surface area contributed by atoms with Crippen LogP contribution < -0.4 is 5.32 Å². The number of phenols is 1. The van der Waals surface area contributed by atoms with Crippen molar-refractivity contribution < 1.29 is 14.6 Å². The van der Waals surface area contributed by atoms with E-state index < -0.39 is 6.04 Å². The SMILES string of the molecule is COC(=O)[C@H](Cc1ccc(O)cc1)NCCl. The fourth-order valence-corrected chi connectivity index (χ4v) is 1.53. The Morgan fingerprint density at radius 3 is 2.62 bits per heavy atom. The first-order valence-electron chi connectivity index (χ1n) is 4.82. The quantitative estimate of drug-likeness (QED) is 0.465. The summed E-state index contributed by atoms with van der Waals surface area (Å²) in [6, 6.07) is 6.36. The molecule has 4 nitrogen and oxygen atoms in total. The summed E-state index contributed by atoms with van der Waals surface area (Å²) in [6.07, 6.45) is 0.472. The van der Waals surface area contributed by atoms with Gasteiger partial charge in [0, 0.05) is 0 Å². The maximum atomic E-state index is 11.4. The molecule has 1 atom stereocenters. The number of benzene rings is 1. The van der Waals surface area contributed by atoms with Gasteiger partial charge in [0.2, 0.25) is 0 Å². The molecule has 1 aromatic carbocycles. The van der Waals surface area contributed by atoms with Crippen molar-refractivity contribution in [2.75, 3.05) is 13.1 Å². The molecule has 0 fully saturated rings. The molecule has 88 valence electrons. The molecule has 0 aliphatic carbocycles. The van der Waals surface area contributed by atoms with Crippen molar-refractivity contribution in [3.63, 3.8) is 0 Å². The molecule has 1 rings (SSSR count). The lowest BCUT2D eigenvalue weighted by atomic mass is 10.1. The summed E-state index contributed by atoms with van der Waals surface area (Å²) >= 11 is 5.53. The van der Waals surface area contributed by atoms with E-state index in [4.69, 9.17) is 16.7 Å². The van der Waals surface area contributed by atoms with Crippen molar-refractivity contribution >= 4 is 17.6 Å². The number of hydrogen-bond donors (Lipinski definition) is 2. The maximum absolute atomic E-state index is 11.4. The number of methoxy groups -OCH3 is 1. The molecule has 0 aromatic heterocycles. The second kappa shape index (κ2) is 6.35. The molecular formula is C11H14ClNO3. The fraction of sp³-hybridized carbons (Fsp3) is 0.364. The van der Waals surface area contributed by atoms with E-state index in [0.717, 1.165) is 5.56 Å². The lowest BCUT2D eigenvalue weighted by Crippen LogP contribution is -2.38. The minimum atomic E-state index is -0.466. The summed E-state index contributed by atoms with van der Waals surface area (Å²) in [6.45, 7) is 0. The van der Waals surface area contributed by atoms with Gasteiger partial charge in [-0.15, -0.1) is 11.6 Å². The molecule has 0 amide bonds. The van der Waals surface area contributed by atoms with Crippen LogP contribution in [0.15, 0.2) is 24.3 Å². The van der Waals surface area contributed by atoms with Gasteiger partial charge in [0.05, 0.1) is 13.1 Å². The average molecular weight is 244 g/mol. The van der Waals surface area contributed by atoms with Crippen molar-refractivity contribution in [3.05, 3.63) is 29.8 Å². The Morgan fingerprint density at radius 2 is 2.12 bits per heavy atom. The number of rotatable bonds is 5. The molecule has 0 aliphatic rings. The van der Waals surface area contributed by atoms with Gasteiger partial charge in [0.1, 0.15) is 11.8 Å². The molecule has 0 spiro atoms. The Balaban J connectivity index is 2.67. The molecule has 5 heteroatoms. The first-order chi connectivity index (χ1) is 7.67. The first kappa shape index (κ1) is 12.8. The molecule has 0 unspecified atom stereocenters. The van der Waals surface area contributed by atoms with E-state index in [1.807, 2.05) is 0 Å². The Labute approximate surface area is 99.2 Å². The van der Waals surface area contributed by atoms with Crippen molar-refractivity contribution in [2.24, 2.45) is 0 Å². The number of hydrogen-bond acceptors (Lipinski definition) is 4. The number of carbonyl (C=O) groups is 1. The van der Waals surface area contributed by atoms with E-state index in [2.05, 4.69) is 10.1 Å². The lowest BCUT2D eigenvalue weighted by Gasteiger charge is -2.14. The lowest BCUT2D eigenvalue weighted by molar-refractivity contribution is -0.143. The number of halogens is 1. The van der Waals surface area contributed by atoms with Crippen molar-refractivity contribution in [3.8, 4) is 5.75 Å². The second-order valence-corrected chi connectivity index (χ2v) is 3.55. The largest absolute Gasteiger partial charge is 0.508 e. The zero-order valence-electron chi connectivity index (χ0n) is 8.94. The van der Waals surface area contributed by atoms with Crippen LogP contribution in [0.3, 0.4) is 0 Å². The highest BCUT2D eigenvalue weighted by atomic mass is 35.5. The first-order valence-corrected chi connectivity index (χ1v) is 5.36. The normalized spacial score (nSPS) is 12.1. The van der Waals surface area contributed by atoms with Crippen LogP contribution in [-0.4, -0.2) is 30.2 Å². The van der Waals surface area contributed by atoms with E-state index >= 15 is 0 Å². The number of aromatic hydroxyl groups is 1. The van der Waals surface area contributed by atoms with Crippen LogP contribution in [0.1, 0.15) is 5.56 Å². The Bertz CT molecular complexity index is 340. The fourth-order valence-electron chi connectivity index (χ4n) is 1.34. The number of nitrogens with one attached hydrogen (secondary N) is 1. The van der Waals surface area contributed by atoms with Gasteiger partial charge in [-0.25, -0.2) is 0 Å². The highest BCUT2D eigenvalue weighted by Gasteiger charge is 2.18. The Morgan fingerprint density at radius 1 is 1.50 bits per heavy atom. The summed E-state index contributed by atoms with van der Waals surface area (Å²) in [4.78, 5) is 11.4. The molecule has 0 saturated carbocycles. The minimum absolute atomic E-state index is 0.178. The third-order valence-corrected chi connectivity index (χ3v) is 2.34. The van der Waals surface area contributed by atoms with Crippen LogP contribution >= 0.6 is 11.6 Å². The Kier molecular flexibility index (Phi) is 5.08. The minimum Gasteiger partial charge on any atom is -0.508 e. The summed E-state index contributed by atoms with van der Waals surface area (Å²) in [5.74, 6) is -0.155. The summed E-state index contributed by atoms with van der Waals surface area (Å²) in [7, 11) is 1.34. The van der Waals surface area contributed by atoms with Gasteiger partial charge in [-0.1, -0.05) is 12.1 Å². The summed E-state index contributed by atoms with van der Waals surface area (Å²) < 4.78 is 4.65. The third kappa shape index (κ3) is 3.72. The van der Waals surface area contributed by atoms with Gasteiger partial charge in [-0.2, -0.15) is 0 Å². The van der Waals surface area contributed by atoms with Gasteiger partial charge in [0.25, 0.3) is 0 Å². The molecule has 0 aliphatic heterocycles. The molecule has 2 N–H and O–H groups in total. The number of alkyl halides is 1. The zero-order valence-corrected chi connectivity index (χ0v) is 9.70. The standard InChI is InChI=1S/C11H14ClNO3/c1-16-11(15)10(13-7-12)6-8-2-4-9(14)5-3-8/h2-5,10,13-14H,6-7H2,1H3/t10-/m0/s1. The van der Waals surface area contributed by atoms with Crippen LogP contribution in [0, 0.1) is 0 Å². The van der Waals surface area contributed by atoms with Crippen molar-refractivity contribution in [2.45, 2.75) is 12.5 Å². The van der Waals surface area contributed by atoms with Gasteiger partial charge in [0.15, 0.2) is 0 Å². The number of phenolic OH excluding ortho intramolecular Hbond substituents is 1. The molecule has 0 bridgehead atoms. The van der Waals surface area contributed by atoms with Crippen molar-refractivity contribution in [1.29, 1.82) is 0 Å². The maximum Gasteiger partial charge on any atom is 0.323 e. The van der Waals surface area contributed by atoms with Gasteiger partial charge >= 0.3 is 5.97 Å².